The molecule has 6 fully saturated rings. The molecule has 12 nitrogen and oxygen atoms in total. The first-order chi connectivity index (χ1) is 26.6. The fraction of sp³-hybridized carbons (Fsp3) is 0.558. The van der Waals surface area contributed by atoms with Gasteiger partial charge >= 0.3 is 0 Å². The molecule has 9 rings (SSSR count). The number of hydrogen-bond acceptors (Lipinski definition) is 12. The molecule has 7 atom stereocenters. The van der Waals surface area contributed by atoms with Gasteiger partial charge in [-0.15, -0.1) is 0 Å². The lowest BCUT2D eigenvalue weighted by atomic mass is 9.96. The molecule has 7 unspecified atom stereocenters. The number of aliphatic hydroxyl groups excluding tert-OH is 2. The van der Waals surface area contributed by atoms with Crippen molar-refractivity contribution in [2.24, 2.45) is 28.3 Å². The second-order valence-corrected chi connectivity index (χ2v) is 16.1. The highest BCUT2D eigenvalue weighted by molar-refractivity contribution is 5.74. The summed E-state index contributed by atoms with van der Waals surface area (Å²) in [5, 5.41) is 24.9. The van der Waals surface area contributed by atoms with Crippen LogP contribution in [0.3, 0.4) is 0 Å². The molecule has 4 bridgehead atoms. The summed E-state index contributed by atoms with van der Waals surface area (Å²) in [6.07, 6.45) is 17.9. The van der Waals surface area contributed by atoms with Crippen LogP contribution in [-0.4, -0.2) is 116 Å². The molecule has 9 N–H and O–H groups in total. The normalized spacial score (nSPS) is 29.9. The molecule has 2 aromatic carbocycles. The van der Waals surface area contributed by atoms with Crippen LogP contribution in [0.2, 0.25) is 0 Å². The predicted molar refractivity (Wildman–Crippen MR) is 222 cm³/mol. The number of nitrogens with zero attached hydrogens (tertiary/aromatic N) is 3. The van der Waals surface area contributed by atoms with E-state index in [-0.39, 0.29) is 11.1 Å². The number of piperidine rings is 2. The van der Waals surface area contributed by atoms with Crippen molar-refractivity contribution in [1.82, 2.24) is 25.8 Å². The zero-order valence-electron chi connectivity index (χ0n) is 33.2. The van der Waals surface area contributed by atoms with Crippen molar-refractivity contribution in [1.29, 1.82) is 0 Å². The van der Waals surface area contributed by atoms with Gasteiger partial charge in [0.1, 0.15) is 18.7 Å². The van der Waals surface area contributed by atoms with Crippen LogP contribution in [0.1, 0.15) is 75.3 Å². The highest BCUT2D eigenvalue weighted by Crippen LogP contribution is 2.43. The van der Waals surface area contributed by atoms with Gasteiger partial charge in [0.05, 0.1) is 28.5 Å². The van der Waals surface area contributed by atoms with E-state index in [0.29, 0.717) is 18.2 Å². The molecular weight excluding hydrogens is 693 g/mol. The summed E-state index contributed by atoms with van der Waals surface area (Å²) >= 11 is 0. The van der Waals surface area contributed by atoms with Gasteiger partial charge in [0, 0.05) is 56.9 Å². The fourth-order valence-corrected chi connectivity index (χ4v) is 8.85. The first-order valence-corrected chi connectivity index (χ1v) is 19.8. The number of aldehydes is 2. The number of likely N-dealkylation sites (N-methyl/N-ethyl adjacent to an activating group) is 2. The van der Waals surface area contributed by atoms with Crippen molar-refractivity contribution in [2.75, 3.05) is 34.9 Å². The van der Waals surface area contributed by atoms with E-state index in [1.165, 1.54) is 60.9 Å². The average Bonchev–Trinajstić information content (AvgIpc) is 3.69. The van der Waals surface area contributed by atoms with Crippen LogP contribution in [0.25, 0.3) is 22.5 Å². The number of aliphatic hydroxyl groups is 2. The minimum atomic E-state index is -0.389. The molecule has 0 amide bonds. The molecule has 3 heterocycles. The molecule has 55 heavy (non-hydrogen) atoms. The molecule has 3 aliphatic heterocycles. The Kier molecular flexibility index (Phi) is 14.5. The number of hydrogen-bond donors (Lipinski definition) is 7. The third-order valence-electron chi connectivity index (χ3n) is 12.7. The Hall–Kier alpha value is -3.91. The van der Waals surface area contributed by atoms with Crippen LogP contribution in [0.5, 0.6) is 0 Å². The molecule has 0 aromatic heterocycles. The zero-order chi connectivity index (χ0) is 39.8. The Labute approximate surface area is 327 Å². The van der Waals surface area contributed by atoms with Crippen molar-refractivity contribution in [3.63, 3.8) is 0 Å². The number of carbonyl (C=O) groups excluding carboxylic acids is 2. The lowest BCUT2D eigenvalue weighted by Crippen LogP contribution is -2.53. The Bertz CT molecular complexity index is 1610. The summed E-state index contributed by atoms with van der Waals surface area (Å²) in [4.78, 5) is 29.0. The van der Waals surface area contributed by atoms with Gasteiger partial charge in [-0.05, 0) is 114 Å². The summed E-state index contributed by atoms with van der Waals surface area (Å²) in [7, 11) is 6.58. The van der Waals surface area contributed by atoms with E-state index >= 15 is 0 Å². The summed E-state index contributed by atoms with van der Waals surface area (Å²) in [5.74, 6) is 1.66. The molecule has 300 valence electrons. The van der Waals surface area contributed by atoms with E-state index in [2.05, 4.69) is 106 Å². The maximum absolute atomic E-state index is 9.76. The van der Waals surface area contributed by atoms with E-state index < -0.39 is 0 Å². The Balaban J connectivity index is 0.000000304. The van der Waals surface area contributed by atoms with Gasteiger partial charge in [-0.1, -0.05) is 48.5 Å². The van der Waals surface area contributed by atoms with Crippen LogP contribution in [-0.2, 0) is 9.59 Å². The van der Waals surface area contributed by atoms with E-state index in [1.54, 1.807) is 0 Å². The standard InChI is InChI=1S/C33H42N6.2C4H7NO.2CH4O/c1-34-29(18-35-20-31-25-12-14-27(16-25)38(31)2)23-8-4-21(5-9-23)22-6-10-24(11-7-22)30-19-36-33(37-30)32-26-13-15-28(17-26)39(32)3;2*5-4(3-6)1-2-4;2*1-2/h4-11,18-19,25-28,31-33,35-37H,1,12-17,20H2,2-3H3;2*3H,1-2,5H2;2*2H,1H3/b29-18-;;;;. The van der Waals surface area contributed by atoms with Crippen LogP contribution >= 0.6 is 0 Å². The SMILES string of the molecule is C=N/C(=C\NCC1C2CCC(C2)N1C)c1ccc(-c2ccc(C3=CNC(C4C5CCC(C5)N4C)N3)cc2)cc1.CO.CO.NC1(C=O)CC1.NC1(C=O)CC1. The minimum Gasteiger partial charge on any atom is -0.400 e. The fourth-order valence-electron chi connectivity index (χ4n) is 8.85. The molecule has 0 spiro atoms. The van der Waals surface area contributed by atoms with Crippen molar-refractivity contribution in [2.45, 2.75) is 106 Å². The van der Waals surface area contributed by atoms with Crippen LogP contribution in [0.4, 0.5) is 0 Å². The summed E-state index contributed by atoms with van der Waals surface area (Å²) < 4.78 is 0. The number of likely N-dealkylation sites (tertiary alicyclic amines) is 2. The van der Waals surface area contributed by atoms with Gasteiger partial charge in [-0.25, -0.2) is 0 Å². The van der Waals surface area contributed by atoms with Gasteiger partial charge in [-0.2, -0.15) is 0 Å². The number of nitrogens with two attached hydrogens (primary N) is 2. The van der Waals surface area contributed by atoms with Crippen molar-refractivity contribution < 1.29 is 19.8 Å². The predicted octanol–water partition coefficient (Wildman–Crippen LogP) is 3.30. The van der Waals surface area contributed by atoms with Gasteiger partial charge in [-0.3, -0.25) is 14.8 Å². The lowest BCUT2D eigenvalue weighted by molar-refractivity contribution is -0.110. The maximum Gasteiger partial charge on any atom is 0.139 e. The molecule has 2 saturated heterocycles. The summed E-state index contributed by atoms with van der Waals surface area (Å²) in [6, 6.07) is 20.3. The van der Waals surface area contributed by atoms with Crippen molar-refractivity contribution in [3.05, 3.63) is 72.1 Å². The van der Waals surface area contributed by atoms with E-state index in [4.69, 9.17) is 21.7 Å². The van der Waals surface area contributed by atoms with Crippen LogP contribution in [0.15, 0.2) is 65.9 Å². The monoisotopic (exact) mass is 757 g/mol. The smallest absolute Gasteiger partial charge is 0.139 e. The number of aliphatic imine (C=N–C) groups is 1. The Morgan fingerprint density at radius 2 is 1.33 bits per heavy atom. The van der Waals surface area contributed by atoms with E-state index in [1.807, 2.05) is 6.20 Å². The number of benzene rings is 2. The summed E-state index contributed by atoms with van der Waals surface area (Å²) in [6.45, 7) is 4.80. The van der Waals surface area contributed by atoms with E-state index in [9.17, 15) is 9.59 Å². The third kappa shape index (κ3) is 10.1. The highest BCUT2D eigenvalue weighted by Gasteiger charge is 2.48. The first-order valence-electron chi connectivity index (χ1n) is 19.8. The van der Waals surface area contributed by atoms with Gasteiger partial charge < -0.3 is 47.2 Å². The number of carbonyl (C=O) groups is 2. The molecule has 4 aliphatic carbocycles. The van der Waals surface area contributed by atoms with Crippen molar-refractivity contribution in [3.8, 4) is 11.1 Å². The Morgan fingerprint density at radius 3 is 1.78 bits per heavy atom. The lowest BCUT2D eigenvalue weighted by Gasteiger charge is -2.36. The second-order valence-electron chi connectivity index (χ2n) is 16.1. The topological polar surface area (TPSA) is 182 Å². The molecule has 4 saturated carbocycles. The number of nitrogens with one attached hydrogen (secondary N) is 3. The van der Waals surface area contributed by atoms with Crippen LogP contribution in [0, 0.1) is 11.8 Å². The average molecular weight is 757 g/mol. The molecule has 7 aliphatic rings. The maximum atomic E-state index is 9.76. The molecule has 12 heteroatoms. The van der Waals surface area contributed by atoms with Gasteiger partial charge in [0.15, 0.2) is 0 Å². The number of fused-ring (bicyclic) bond motifs is 4. The quantitative estimate of drug-likeness (QED) is 0.140. The van der Waals surface area contributed by atoms with Crippen LogP contribution < -0.4 is 27.4 Å². The molecule has 2 aromatic rings. The third-order valence-corrected chi connectivity index (χ3v) is 12.7. The Morgan fingerprint density at radius 1 is 0.818 bits per heavy atom. The second kappa shape index (κ2) is 18.8. The molecular formula is C43H64N8O4. The van der Waals surface area contributed by atoms with Gasteiger partial charge in [0.2, 0.25) is 0 Å². The summed E-state index contributed by atoms with van der Waals surface area (Å²) in [5.41, 5.74) is 16.6. The number of rotatable bonds is 10. The zero-order valence-corrected chi connectivity index (χ0v) is 33.2. The first kappa shape index (κ1) is 42.2. The highest BCUT2D eigenvalue weighted by atomic mass is 16.2. The largest absolute Gasteiger partial charge is 0.400 e. The molecule has 0 radical (unpaired) electrons. The van der Waals surface area contributed by atoms with E-state index in [0.717, 1.165) is 94.2 Å². The van der Waals surface area contributed by atoms with Crippen molar-refractivity contribution >= 4 is 30.7 Å². The van der Waals surface area contributed by atoms with Gasteiger partial charge in [0.25, 0.3) is 0 Å². The minimum absolute atomic E-state index is 0.303.